The summed E-state index contributed by atoms with van der Waals surface area (Å²) in [6.45, 7) is 3.62. The molecule has 0 radical (unpaired) electrons. The molecule has 7 heteroatoms. The molecule has 1 aromatic carbocycles. The number of esters is 1. The highest BCUT2D eigenvalue weighted by Crippen LogP contribution is 2.45. The van der Waals surface area contributed by atoms with E-state index in [0.29, 0.717) is 6.42 Å². The number of carbonyl (C=O) groups excluding carboxylic acids is 2. The second-order valence-electron chi connectivity index (χ2n) is 7.56. The van der Waals surface area contributed by atoms with Crippen molar-refractivity contribution in [3.63, 3.8) is 0 Å². The van der Waals surface area contributed by atoms with Gasteiger partial charge in [-0.3, -0.25) is 9.59 Å². The van der Waals surface area contributed by atoms with Crippen LogP contribution in [0.2, 0.25) is 0 Å². The standard InChI is InChI=1S/C19H25NO5S/c1-13-8-14(2)10-15(9-13)19(5-3-6-19)18(22)25-11-17(21)20-16-4-7-26(23,24)12-16/h8-10,16H,3-7,11-12H2,1-2H3,(H,20,21)/t16-/m1/s1. The predicted molar refractivity (Wildman–Crippen MR) is 97.6 cm³/mol. The molecule has 26 heavy (non-hydrogen) atoms. The summed E-state index contributed by atoms with van der Waals surface area (Å²) in [6, 6.07) is 5.70. The number of aryl methyl sites for hydroxylation is 2. The highest BCUT2D eigenvalue weighted by atomic mass is 32.2. The largest absolute Gasteiger partial charge is 0.455 e. The lowest BCUT2D eigenvalue weighted by molar-refractivity contribution is -0.157. The van der Waals surface area contributed by atoms with Crippen LogP contribution in [0, 0.1) is 13.8 Å². The van der Waals surface area contributed by atoms with Crippen molar-refractivity contribution < 1.29 is 22.7 Å². The number of rotatable bonds is 5. The number of benzene rings is 1. The van der Waals surface area contributed by atoms with Crippen LogP contribution in [0.3, 0.4) is 0 Å². The molecule has 142 valence electrons. The summed E-state index contributed by atoms with van der Waals surface area (Å²) in [5, 5.41) is 2.64. The molecular weight excluding hydrogens is 354 g/mol. The number of nitrogens with one attached hydrogen (secondary N) is 1. The van der Waals surface area contributed by atoms with E-state index in [-0.39, 0.29) is 30.1 Å². The molecule has 2 aliphatic rings. The smallest absolute Gasteiger partial charge is 0.317 e. The summed E-state index contributed by atoms with van der Waals surface area (Å²) in [7, 11) is -3.06. The van der Waals surface area contributed by atoms with Gasteiger partial charge in [-0.1, -0.05) is 35.7 Å². The van der Waals surface area contributed by atoms with Gasteiger partial charge in [0.2, 0.25) is 0 Å². The molecule has 3 rings (SSSR count). The Morgan fingerprint density at radius 1 is 1.19 bits per heavy atom. The molecule has 1 heterocycles. The van der Waals surface area contributed by atoms with Crippen LogP contribution in [-0.2, 0) is 29.6 Å². The number of ether oxygens (including phenoxy) is 1. The first-order valence-electron chi connectivity index (χ1n) is 8.96. The molecule has 0 unspecified atom stereocenters. The van der Waals surface area contributed by atoms with Crippen LogP contribution in [0.15, 0.2) is 18.2 Å². The average molecular weight is 379 g/mol. The Balaban J connectivity index is 1.60. The molecule has 1 saturated heterocycles. The van der Waals surface area contributed by atoms with Gasteiger partial charge in [-0.05, 0) is 38.7 Å². The van der Waals surface area contributed by atoms with Crippen molar-refractivity contribution in [2.75, 3.05) is 18.1 Å². The van der Waals surface area contributed by atoms with Crippen molar-refractivity contribution in [2.45, 2.75) is 51.0 Å². The van der Waals surface area contributed by atoms with Crippen molar-refractivity contribution >= 4 is 21.7 Å². The zero-order valence-corrected chi connectivity index (χ0v) is 16.0. The molecule has 1 amide bonds. The summed E-state index contributed by atoms with van der Waals surface area (Å²) < 4.78 is 28.2. The molecule has 1 aliphatic heterocycles. The number of hydrogen-bond acceptors (Lipinski definition) is 5. The van der Waals surface area contributed by atoms with E-state index in [4.69, 9.17) is 4.74 Å². The van der Waals surface area contributed by atoms with Gasteiger partial charge < -0.3 is 10.1 Å². The zero-order valence-electron chi connectivity index (χ0n) is 15.2. The highest BCUT2D eigenvalue weighted by Gasteiger charge is 2.47. The van der Waals surface area contributed by atoms with Crippen molar-refractivity contribution in [3.8, 4) is 0 Å². The van der Waals surface area contributed by atoms with Gasteiger partial charge in [-0.25, -0.2) is 8.42 Å². The van der Waals surface area contributed by atoms with E-state index in [1.54, 1.807) is 0 Å². The molecule has 1 atom stereocenters. The fraction of sp³-hybridized carbons (Fsp3) is 0.579. The molecular formula is C19H25NO5S. The van der Waals surface area contributed by atoms with Gasteiger partial charge in [-0.2, -0.15) is 0 Å². The Bertz CT molecular complexity index is 806. The lowest BCUT2D eigenvalue weighted by atomic mass is 9.64. The average Bonchev–Trinajstić information content (AvgIpc) is 2.82. The van der Waals surface area contributed by atoms with E-state index in [1.165, 1.54) is 0 Å². The van der Waals surface area contributed by atoms with E-state index in [1.807, 2.05) is 26.0 Å². The quantitative estimate of drug-likeness (QED) is 0.785. The molecule has 0 spiro atoms. The predicted octanol–water partition coefficient (Wildman–Crippen LogP) is 1.57. The third-order valence-corrected chi connectivity index (χ3v) is 7.07. The van der Waals surface area contributed by atoms with Gasteiger partial charge in [0, 0.05) is 6.04 Å². The number of sulfone groups is 1. The summed E-state index contributed by atoms with van der Waals surface area (Å²) >= 11 is 0. The Morgan fingerprint density at radius 3 is 2.35 bits per heavy atom. The van der Waals surface area contributed by atoms with Crippen LogP contribution in [-0.4, -0.2) is 44.4 Å². The van der Waals surface area contributed by atoms with Gasteiger partial charge in [0.15, 0.2) is 16.4 Å². The minimum Gasteiger partial charge on any atom is -0.455 e. The molecule has 1 saturated carbocycles. The maximum Gasteiger partial charge on any atom is 0.317 e. The Morgan fingerprint density at radius 2 is 1.85 bits per heavy atom. The molecule has 0 aromatic heterocycles. The molecule has 6 nitrogen and oxygen atoms in total. The Labute approximate surface area is 154 Å². The van der Waals surface area contributed by atoms with Crippen LogP contribution in [0.5, 0.6) is 0 Å². The minimum absolute atomic E-state index is 0.0425. The van der Waals surface area contributed by atoms with E-state index in [2.05, 4.69) is 11.4 Å². The Hall–Kier alpha value is -1.89. The third kappa shape index (κ3) is 3.92. The molecule has 2 fully saturated rings. The fourth-order valence-electron chi connectivity index (χ4n) is 3.84. The van der Waals surface area contributed by atoms with Crippen molar-refractivity contribution in [3.05, 3.63) is 34.9 Å². The van der Waals surface area contributed by atoms with Gasteiger partial charge in [0.25, 0.3) is 5.91 Å². The number of amides is 1. The normalized spacial score (nSPS) is 23.1. The first kappa shape index (κ1) is 18.9. The monoisotopic (exact) mass is 379 g/mol. The van der Waals surface area contributed by atoms with Gasteiger partial charge in [0.05, 0.1) is 16.9 Å². The van der Waals surface area contributed by atoms with Crippen molar-refractivity contribution in [2.24, 2.45) is 0 Å². The molecule has 1 aliphatic carbocycles. The number of carbonyl (C=O) groups is 2. The third-order valence-electron chi connectivity index (χ3n) is 5.30. The lowest BCUT2D eigenvalue weighted by Crippen LogP contribution is -2.45. The van der Waals surface area contributed by atoms with Crippen LogP contribution in [0.25, 0.3) is 0 Å². The molecule has 1 aromatic rings. The maximum absolute atomic E-state index is 12.7. The summed E-state index contributed by atoms with van der Waals surface area (Å²) in [5.41, 5.74) is 2.49. The maximum atomic E-state index is 12.7. The first-order chi connectivity index (χ1) is 12.2. The van der Waals surface area contributed by atoms with Crippen molar-refractivity contribution in [1.29, 1.82) is 0 Å². The highest BCUT2D eigenvalue weighted by molar-refractivity contribution is 7.91. The molecule has 0 bridgehead atoms. The Kier molecular flexibility index (Phi) is 5.10. The fourth-order valence-corrected chi connectivity index (χ4v) is 5.51. The van der Waals surface area contributed by atoms with E-state index in [0.717, 1.165) is 36.0 Å². The van der Waals surface area contributed by atoms with Crippen LogP contribution in [0.1, 0.15) is 42.4 Å². The minimum atomic E-state index is -3.06. The van der Waals surface area contributed by atoms with E-state index in [9.17, 15) is 18.0 Å². The van der Waals surface area contributed by atoms with Crippen LogP contribution < -0.4 is 5.32 Å². The van der Waals surface area contributed by atoms with Gasteiger partial charge in [0.1, 0.15) is 0 Å². The molecule has 1 N–H and O–H groups in total. The second-order valence-corrected chi connectivity index (χ2v) is 9.78. The van der Waals surface area contributed by atoms with Gasteiger partial charge >= 0.3 is 5.97 Å². The van der Waals surface area contributed by atoms with Crippen LogP contribution in [0.4, 0.5) is 0 Å². The first-order valence-corrected chi connectivity index (χ1v) is 10.8. The van der Waals surface area contributed by atoms with Crippen molar-refractivity contribution in [1.82, 2.24) is 5.32 Å². The van der Waals surface area contributed by atoms with E-state index >= 15 is 0 Å². The van der Waals surface area contributed by atoms with Crippen LogP contribution >= 0.6 is 0 Å². The second kappa shape index (κ2) is 7.02. The zero-order chi connectivity index (χ0) is 18.9. The lowest BCUT2D eigenvalue weighted by Gasteiger charge is -2.40. The summed E-state index contributed by atoms with van der Waals surface area (Å²) in [5.74, 6) is -0.773. The van der Waals surface area contributed by atoms with Gasteiger partial charge in [-0.15, -0.1) is 0 Å². The van der Waals surface area contributed by atoms with E-state index < -0.39 is 21.2 Å². The summed E-state index contributed by atoms with van der Waals surface area (Å²) in [6.07, 6.45) is 2.80. The number of hydrogen-bond donors (Lipinski definition) is 1. The topological polar surface area (TPSA) is 89.5 Å². The SMILES string of the molecule is Cc1cc(C)cc(C2(C(=O)OCC(=O)N[C@@H]3CCS(=O)(=O)C3)CCC2)c1. The summed E-state index contributed by atoms with van der Waals surface area (Å²) in [4.78, 5) is 24.7.